The van der Waals surface area contributed by atoms with Gasteiger partial charge in [0, 0.05) is 5.69 Å². The largest absolute Gasteiger partial charge is 0.416 e. The van der Waals surface area contributed by atoms with E-state index in [4.69, 9.17) is 5.73 Å². The predicted molar refractivity (Wildman–Crippen MR) is 70.3 cm³/mol. The van der Waals surface area contributed by atoms with Crippen molar-refractivity contribution in [2.75, 3.05) is 5.32 Å². The Balaban J connectivity index is 0.00000324. The van der Waals surface area contributed by atoms with Gasteiger partial charge >= 0.3 is 6.18 Å². The summed E-state index contributed by atoms with van der Waals surface area (Å²) < 4.78 is 38.0. The highest BCUT2D eigenvalue weighted by Crippen LogP contribution is 2.33. The van der Waals surface area contributed by atoms with Gasteiger partial charge in [-0.3, -0.25) is 4.79 Å². The molecule has 0 aromatic heterocycles. The first-order chi connectivity index (χ1) is 8.25. The topological polar surface area (TPSA) is 55.1 Å². The van der Waals surface area contributed by atoms with E-state index in [1.54, 1.807) is 6.92 Å². The second-order valence-electron chi connectivity index (χ2n) is 4.03. The van der Waals surface area contributed by atoms with E-state index < -0.39 is 23.7 Å². The second-order valence-corrected chi connectivity index (χ2v) is 4.03. The van der Waals surface area contributed by atoms with Crippen LogP contribution in [0.3, 0.4) is 0 Å². The van der Waals surface area contributed by atoms with Crippen molar-refractivity contribution in [1.82, 2.24) is 0 Å². The molecule has 0 aliphatic carbocycles. The minimum absolute atomic E-state index is 0. The van der Waals surface area contributed by atoms with Gasteiger partial charge in [-0.2, -0.15) is 13.2 Å². The number of hydrogen-bond acceptors (Lipinski definition) is 2. The maximum atomic E-state index is 12.7. The quantitative estimate of drug-likeness (QED) is 0.900. The molecule has 0 aliphatic rings. The number of benzene rings is 1. The van der Waals surface area contributed by atoms with E-state index in [-0.39, 0.29) is 23.7 Å². The molecular weight excluding hydrogens is 281 g/mol. The monoisotopic (exact) mass is 296 g/mol. The molecule has 0 radical (unpaired) electrons. The molecule has 1 aromatic rings. The second kappa shape index (κ2) is 6.77. The van der Waals surface area contributed by atoms with E-state index in [1.807, 2.05) is 0 Å². The van der Waals surface area contributed by atoms with Crippen LogP contribution in [-0.4, -0.2) is 11.9 Å². The molecule has 1 atom stereocenters. The van der Waals surface area contributed by atoms with Gasteiger partial charge in [0.25, 0.3) is 0 Å². The van der Waals surface area contributed by atoms with E-state index in [1.165, 1.54) is 19.1 Å². The highest BCUT2D eigenvalue weighted by molar-refractivity contribution is 5.94. The Kier molecular flexibility index (Phi) is 6.32. The van der Waals surface area contributed by atoms with Crippen LogP contribution in [0.1, 0.15) is 24.5 Å². The number of carbonyl (C=O) groups is 1. The fraction of sp³-hybridized carbons (Fsp3) is 0.417. The summed E-state index contributed by atoms with van der Waals surface area (Å²) in [5.74, 6) is -0.491. The summed E-state index contributed by atoms with van der Waals surface area (Å²) in [5, 5.41) is 2.37. The summed E-state index contributed by atoms with van der Waals surface area (Å²) in [6.45, 7) is 3.09. The van der Waals surface area contributed by atoms with Gasteiger partial charge in [-0.05, 0) is 31.0 Å². The molecule has 0 aliphatic heterocycles. The number of nitrogens with two attached hydrogens (primary N) is 1. The summed E-state index contributed by atoms with van der Waals surface area (Å²) in [4.78, 5) is 11.5. The molecule has 7 heteroatoms. The minimum atomic E-state index is -4.43. The fourth-order valence-electron chi connectivity index (χ4n) is 1.43. The zero-order chi connectivity index (χ0) is 13.9. The number of aryl methyl sites for hydroxylation is 1. The maximum absolute atomic E-state index is 12.7. The van der Waals surface area contributed by atoms with Crippen LogP contribution in [-0.2, 0) is 11.0 Å². The third-order valence-corrected chi connectivity index (χ3v) is 2.59. The van der Waals surface area contributed by atoms with Crippen LogP contribution in [0, 0.1) is 6.92 Å². The van der Waals surface area contributed by atoms with Crippen LogP contribution < -0.4 is 11.1 Å². The van der Waals surface area contributed by atoms with Gasteiger partial charge in [0.05, 0.1) is 11.6 Å². The molecule has 0 spiro atoms. The van der Waals surface area contributed by atoms with Crippen molar-refractivity contribution in [3.8, 4) is 0 Å². The molecule has 0 saturated carbocycles. The molecular formula is C12H16ClF3N2O. The molecule has 19 heavy (non-hydrogen) atoms. The van der Waals surface area contributed by atoms with Crippen LogP contribution in [0.4, 0.5) is 18.9 Å². The number of carbonyl (C=O) groups excluding carboxylic acids is 1. The van der Waals surface area contributed by atoms with Crippen molar-refractivity contribution in [1.29, 1.82) is 0 Å². The molecule has 108 valence electrons. The predicted octanol–water partition coefficient (Wildman–Crippen LogP) is 3.11. The van der Waals surface area contributed by atoms with Crippen LogP contribution in [0.15, 0.2) is 18.2 Å². The number of nitrogens with one attached hydrogen (secondary N) is 1. The Morgan fingerprint density at radius 2 is 2.00 bits per heavy atom. The summed E-state index contributed by atoms with van der Waals surface area (Å²) in [6, 6.07) is 2.93. The molecule has 1 amide bonds. The van der Waals surface area contributed by atoms with Gasteiger partial charge < -0.3 is 11.1 Å². The molecule has 0 heterocycles. The van der Waals surface area contributed by atoms with Crippen molar-refractivity contribution < 1.29 is 18.0 Å². The maximum Gasteiger partial charge on any atom is 0.416 e. The Morgan fingerprint density at radius 1 is 1.42 bits per heavy atom. The standard InChI is InChI=1S/C12H15F3N2O.ClH/c1-3-10(16)11(18)17-8-5-4-7(2)9(6-8)12(13,14)15;/h4-6,10H,3,16H2,1-2H3,(H,17,18);1H/t10-;/m0./s1. The first-order valence-corrected chi connectivity index (χ1v) is 5.50. The van der Waals surface area contributed by atoms with Gasteiger partial charge in [0.1, 0.15) is 0 Å². The normalized spacial score (nSPS) is 12.5. The van der Waals surface area contributed by atoms with Gasteiger partial charge in [-0.25, -0.2) is 0 Å². The zero-order valence-corrected chi connectivity index (χ0v) is 11.4. The number of halogens is 4. The van der Waals surface area contributed by atoms with Gasteiger partial charge in [0.15, 0.2) is 0 Å². The van der Waals surface area contributed by atoms with Crippen LogP contribution in [0.2, 0.25) is 0 Å². The Hall–Kier alpha value is -1.27. The van der Waals surface area contributed by atoms with Gasteiger partial charge in [0.2, 0.25) is 5.91 Å². The average molecular weight is 297 g/mol. The molecule has 0 saturated heterocycles. The highest BCUT2D eigenvalue weighted by atomic mass is 35.5. The molecule has 0 unspecified atom stereocenters. The van der Waals surface area contributed by atoms with Crippen LogP contribution in [0.25, 0.3) is 0 Å². The number of rotatable bonds is 3. The third-order valence-electron chi connectivity index (χ3n) is 2.59. The first kappa shape index (κ1) is 17.7. The summed E-state index contributed by atoms with van der Waals surface area (Å²) in [6.07, 6.45) is -4.01. The van der Waals surface area contributed by atoms with E-state index in [0.29, 0.717) is 6.42 Å². The van der Waals surface area contributed by atoms with Crippen molar-refractivity contribution in [2.45, 2.75) is 32.5 Å². The van der Waals surface area contributed by atoms with E-state index in [0.717, 1.165) is 6.07 Å². The Morgan fingerprint density at radius 3 is 2.47 bits per heavy atom. The summed E-state index contributed by atoms with van der Waals surface area (Å²) >= 11 is 0. The lowest BCUT2D eigenvalue weighted by Gasteiger charge is -2.14. The molecule has 0 bridgehead atoms. The summed E-state index contributed by atoms with van der Waals surface area (Å²) in [5.41, 5.74) is 4.94. The van der Waals surface area contributed by atoms with Crippen molar-refractivity contribution in [2.24, 2.45) is 5.73 Å². The molecule has 1 rings (SSSR count). The molecule has 3 N–H and O–H groups in total. The average Bonchev–Trinajstić information content (AvgIpc) is 2.29. The zero-order valence-electron chi connectivity index (χ0n) is 10.5. The van der Waals surface area contributed by atoms with Crippen LogP contribution in [0.5, 0.6) is 0 Å². The highest BCUT2D eigenvalue weighted by Gasteiger charge is 2.32. The molecule has 0 fully saturated rings. The Bertz CT molecular complexity index is 449. The lowest BCUT2D eigenvalue weighted by Crippen LogP contribution is -2.34. The minimum Gasteiger partial charge on any atom is -0.325 e. The smallest absolute Gasteiger partial charge is 0.325 e. The van der Waals surface area contributed by atoms with Crippen LogP contribution >= 0.6 is 12.4 Å². The van der Waals surface area contributed by atoms with Crippen molar-refractivity contribution in [3.05, 3.63) is 29.3 Å². The molecule has 3 nitrogen and oxygen atoms in total. The first-order valence-electron chi connectivity index (χ1n) is 5.50. The van der Waals surface area contributed by atoms with E-state index >= 15 is 0 Å². The van der Waals surface area contributed by atoms with Crippen molar-refractivity contribution >= 4 is 24.0 Å². The lowest BCUT2D eigenvalue weighted by molar-refractivity contribution is -0.138. The number of hydrogen-bond donors (Lipinski definition) is 2. The van der Waals surface area contributed by atoms with Crippen molar-refractivity contribution in [3.63, 3.8) is 0 Å². The number of amides is 1. The molecule has 1 aromatic carbocycles. The SMILES string of the molecule is CC[C@H](N)C(=O)Nc1ccc(C)c(C(F)(F)F)c1.Cl. The number of alkyl halides is 3. The Labute approximate surface area is 115 Å². The van der Waals surface area contributed by atoms with E-state index in [9.17, 15) is 18.0 Å². The lowest BCUT2D eigenvalue weighted by atomic mass is 10.1. The fourth-order valence-corrected chi connectivity index (χ4v) is 1.43. The number of anilines is 1. The van der Waals surface area contributed by atoms with Gasteiger partial charge in [-0.15, -0.1) is 12.4 Å². The summed E-state index contributed by atoms with van der Waals surface area (Å²) in [7, 11) is 0. The third kappa shape index (κ3) is 4.72. The van der Waals surface area contributed by atoms with Gasteiger partial charge in [-0.1, -0.05) is 13.0 Å². The van der Waals surface area contributed by atoms with E-state index in [2.05, 4.69) is 5.32 Å².